The van der Waals surface area contributed by atoms with Gasteiger partial charge in [0.1, 0.15) is 11.6 Å². The topological polar surface area (TPSA) is 116 Å². The molecule has 2 atom stereocenters. The Morgan fingerprint density at radius 1 is 1.06 bits per heavy atom. The van der Waals surface area contributed by atoms with E-state index in [1.165, 1.54) is 25.3 Å². The number of hydrogen-bond acceptors (Lipinski definition) is 7. The van der Waals surface area contributed by atoms with Crippen molar-refractivity contribution >= 4 is 17.6 Å². The number of carbonyl (C=O) groups is 2. The molecule has 0 aliphatic carbocycles. The van der Waals surface area contributed by atoms with Gasteiger partial charge in [0, 0.05) is 18.1 Å². The number of nitrogens with one attached hydrogen (secondary N) is 3. The number of benzene rings is 2. The third kappa shape index (κ3) is 4.46. The number of hydrazine groups is 1. The number of rotatable bonds is 4. The highest BCUT2D eigenvalue weighted by molar-refractivity contribution is 5.98. The number of nitrogens with zero attached hydrogens (tertiary/aromatic N) is 2. The van der Waals surface area contributed by atoms with E-state index in [0.717, 1.165) is 4.68 Å². The van der Waals surface area contributed by atoms with E-state index < -0.39 is 30.1 Å². The van der Waals surface area contributed by atoms with Crippen molar-refractivity contribution in [3.8, 4) is 17.2 Å². The molecule has 2 aliphatic heterocycles. The first-order chi connectivity index (χ1) is 17.2. The van der Waals surface area contributed by atoms with Crippen LogP contribution in [0.1, 0.15) is 44.9 Å². The monoisotopic (exact) mass is 503 g/mol. The summed E-state index contributed by atoms with van der Waals surface area (Å²) in [4.78, 5) is 24.8. The maximum Gasteiger partial charge on any atom is 0.410 e. The zero-order chi connectivity index (χ0) is 25.4. The van der Waals surface area contributed by atoms with Crippen molar-refractivity contribution < 1.29 is 37.0 Å². The summed E-state index contributed by atoms with van der Waals surface area (Å²) in [6.07, 6.45) is -4.97. The van der Waals surface area contributed by atoms with Crippen LogP contribution in [-0.4, -0.2) is 41.7 Å². The second-order valence-corrected chi connectivity index (χ2v) is 8.10. The Bertz CT molecular complexity index is 1310. The number of halogens is 3. The van der Waals surface area contributed by atoms with Gasteiger partial charge >= 0.3 is 6.18 Å². The minimum atomic E-state index is -4.62. The average Bonchev–Trinajstić information content (AvgIpc) is 3.52. The second-order valence-electron chi connectivity index (χ2n) is 8.10. The maximum atomic E-state index is 13.9. The molecule has 0 unspecified atom stereocenters. The molecule has 3 aromatic rings. The van der Waals surface area contributed by atoms with Gasteiger partial charge in [0.05, 0.1) is 13.2 Å². The Morgan fingerprint density at radius 3 is 2.50 bits per heavy atom. The van der Waals surface area contributed by atoms with Crippen molar-refractivity contribution in [3.05, 3.63) is 65.4 Å². The van der Waals surface area contributed by atoms with E-state index in [1.54, 1.807) is 30.3 Å². The van der Waals surface area contributed by atoms with Crippen LogP contribution in [0.15, 0.2) is 48.5 Å². The summed E-state index contributed by atoms with van der Waals surface area (Å²) in [6, 6.07) is 9.55. The first-order valence-electron chi connectivity index (χ1n) is 10.8. The molecule has 2 aromatic carbocycles. The minimum Gasteiger partial charge on any atom is -0.497 e. The van der Waals surface area contributed by atoms with Crippen LogP contribution < -0.4 is 30.4 Å². The molecule has 0 spiro atoms. The van der Waals surface area contributed by atoms with E-state index in [-0.39, 0.29) is 30.3 Å². The van der Waals surface area contributed by atoms with Gasteiger partial charge in [-0.3, -0.25) is 20.4 Å². The second kappa shape index (κ2) is 8.98. The number of aromatic nitrogens is 2. The summed E-state index contributed by atoms with van der Waals surface area (Å²) < 4.78 is 58.2. The van der Waals surface area contributed by atoms with Gasteiger partial charge in [0.2, 0.25) is 6.79 Å². The number of anilines is 1. The molecule has 36 heavy (non-hydrogen) atoms. The molecule has 2 amide bonds. The van der Waals surface area contributed by atoms with Crippen molar-refractivity contribution in [2.75, 3.05) is 19.2 Å². The normalized spacial score (nSPS) is 18.1. The highest BCUT2D eigenvalue weighted by Crippen LogP contribution is 2.45. The van der Waals surface area contributed by atoms with Gasteiger partial charge < -0.3 is 19.5 Å². The molecule has 0 saturated heterocycles. The van der Waals surface area contributed by atoms with Gasteiger partial charge in [0.15, 0.2) is 23.2 Å². The summed E-state index contributed by atoms with van der Waals surface area (Å²) >= 11 is 0. The number of fused-ring (bicyclic) bond motifs is 2. The summed E-state index contributed by atoms with van der Waals surface area (Å²) in [6.45, 7) is 0.0440. The molecule has 13 heteroatoms. The molecule has 0 fully saturated rings. The highest BCUT2D eigenvalue weighted by atomic mass is 19.4. The smallest absolute Gasteiger partial charge is 0.410 e. The molecule has 10 nitrogen and oxygen atoms in total. The van der Waals surface area contributed by atoms with E-state index in [0.29, 0.717) is 22.8 Å². The van der Waals surface area contributed by atoms with Crippen molar-refractivity contribution in [2.45, 2.75) is 24.7 Å². The summed E-state index contributed by atoms with van der Waals surface area (Å²) in [5.41, 5.74) is 4.90. The number of carbonyl (C=O) groups excluding carboxylic acids is 2. The van der Waals surface area contributed by atoms with Gasteiger partial charge in [-0.15, -0.1) is 0 Å². The highest BCUT2D eigenvalue weighted by Gasteiger charge is 2.47. The lowest BCUT2D eigenvalue weighted by Gasteiger charge is -2.33. The molecule has 1 aromatic heterocycles. The van der Waals surface area contributed by atoms with Crippen LogP contribution in [0.2, 0.25) is 0 Å². The first-order valence-corrected chi connectivity index (χ1v) is 10.8. The number of alkyl halides is 3. The van der Waals surface area contributed by atoms with Crippen LogP contribution in [0.3, 0.4) is 0 Å². The lowest BCUT2D eigenvalue weighted by Crippen LogP contribution is -2.42. The Morgan fingerprint density at radius 2 is 1.78 bits per heavy atom. The van der Waals surface area contributed by atoms with E-state index in [2.05, 4.69) is 21.3 Å². The first kappa shape index (κ1) is 23.3. The molecule has 5 rings (SSSR count). The Labute approximate surface area is 202 Å². The van der Waals surface area contributed by atoms with Crippen molar-refractivity contribution in [1.82, 2.24) is 20.6 Å². The Kier molecular flexibility index (Phi) is 5.82. The van der Waals surface area contributed by atoms with E-state index >= 15 is 0 Å². The minimum absolute atomic E-state index is 0.0119. The molecule has 0 saturated carbocycles. The Balaban J connectivity index is 1.33. The summed E-state index contributed by atoms with van der Waals surface area (Å²) in [5, 5.41) is 6.88. The third-order valence-electron chi connectivity index (χ3n) is 5.86. The van der Waals surface area contributed by atoms with Crippen LogP contribution in [0, 0.1) is 0 Å². The maximum absolute atomic E-state index is 13.9. The molecule has 3 N–H and O–H groups in total. The van der Waals surface area contributed by atoms with Gasteiger partial charge in [-0.05, 0) is 42.0 Å². The zero-order valence-corrected chi connectivity index (χ0v) is 18.8. The number of ether oxygens (including phenoxy) is 3. The van der Waals surface area contributed by atoms with E-state index in [1.807, 2.05) is 0 Å². The summed E-state index contributed by atoms with van der Waals surface area (Å²) in [7, 11) is 1.48. The van der Waals surface area contributed by atoms with Crippen LogP contribution in [-0.2, 0) is 0 Å². The molecule has 188 valence electrons. The lowest BCUT2D eigenvalue weighted by atomic mass is 9.96. The van der Waals surface area contributed by atoms with Crippen LogP contribution in [0.5, 0.6) is 17.2 Å². The van der Waals surface area contributed by atoms with Gasteiger partial charge in [-0.1, -0.05) is 6.07 Å². The summed E-state index contributed by atoms with van der Waals surface area (Å²) in [5.74, 6) is 0.0281. The molecule has 0 radical (unpaired) electrons. The average molecular weight is 503 g/mol. The SMILES string of the molecule is COc1ccc(C(=O)NNC(=O)c2cc3n(n2)[C@H](C(F)(F)F)C[C@@H](c2ccc4c(c2)OCO4)N3)cc1. The van der Waals surface area contributed by atoms with Crippen molar-refractivity contribution in [1.29, 1.82) is 0 Å². The largest absolute Gasteiger partial charge is 0.497 e. The van der Waals surface area contributed by atoms with E-state index in [9.17, 15) is 22.8 Å². The van der Waals surface area contributed by atoms with Crippen molar-refractivity contribution in [3.63, 3.8) is 0 Å². The van der Waals surface area contributed by atoms with Crippen LogP contribution in [0.4, 0.5) is 19.0 Å². The fourth-order valence-corrected chi connectivity index (χ4v) is 4.03. The molecule has 0 bridgehead atoms. The number of hydrogen-bond donors (Lipinski definition) is 3. The van der Waals surface area contributed by atoms with Gasteiger partial charge in [-0.25, -0.2) is 4.68 Å². The lowest BCUT2D eigenvalue weighted by molar-refractivity contribution is -0.173. The standard InChI is InChI=1S/C23H20F3N5O5/c1-34-14-5-2-12(3-6-14)21(32)28-29-22(33)16-10-20-27-15(9-19(23(24,25)26)31(20)30-16)13-4-7-17-18(8-13)36-11-35-17/h2-8,10,15,19,27H,9,11H2,1H3,(H,28,32)(H,29,33)/t15-,19-/m0/s1. The number of methoxy groups -OCH3 is 1. The van der Waals surface area contributed by atoms with E-state index in [4.69, 9.17) is 14.2 Å². The van der Waals surface area contributed by atoms with Gasteiger partial charge in [-0.2, -0.15) is 18.3 Å². The predicted octanol–water partition coefficient (Wildman–Crippen LogP) is 3.36. The Hall–Kier alpha value is -4.42. The fourth-order valence-electron chi connectivity index (χ4n) is 4.03. The quantitative estimate of drug-likeness (QED) is 0.468. The molecular formula is C23H20F3N5O5. The van der Waals surface area contributed by atoms with Crippen LogP contribution in [0.25, 0.3) is 0 Å². The number of amides is 2. The molecular weight excluding hydrogens is 483 g/mol. The third-order valence-corrected chi connectivity index (χ3v) is 5.86. The van der Waals surface area contributed by atoms with Gasteiger partial charge in [0.25, 0.3) is 11.8 Å². The molecule has 3 heterocycles. The molecule has 2 aliphatic rings. The zero-order valence-electron chi connectivity index (χ0n) is 18.8. The fraction of sp³-hybridized carbons (Fsp3) is 0.261. The predicted molar refractivity (Wildman–Crippen MR) is 119 cm³/mol. The van der Waals surface area contributed by atoms with Crippen molar-refractivity contribution in [2.24, 2.45) is 0 Å². The van der Waals surface area contributed by atoms with Crippen LogP contribution >= 0.6 is 0 Å².